The van der Waals surface area contributed by atoms with Gasteiger partial charge in [-0.2, -0.15) is 4.31 Å². The van der Waals surface area contributed by atoms with Crippen molar-refractivity contribution in [3.05, 3.63) is 58.9 Å². The van der Waals surface area contributed by atoms with Crippen LogP contribution in [0.4, 0.5) is 5.69 Å². The van der Waals surface area contributed by atoms with E-state index in [1.165, 1.54) is 22.8 Å². The first-order valence-corrected chi connectivity index (χ1v) is 9.41. The molecule has 6 nitrogen and oxygen atoms in total. The minimum atomic E-state index is -3.15. The molecular formula is C16H16ClN3O3S. The Kier molecular flexibility index (Phi) is 4.84. The quantitative estimate of drug-likeness (QED) is 0.902. The van der Waals surface area contributed by atoms with Crippen molar-refractivity contribution in [3.8, 4) is 0 Å². The fourth-order valence-electron chi connectivity index (χ4n) is 2.56. The van der Waals surface area contributed by atoms with Crippen molar-refractivity contribution in [3.63, 3.8) is 0 Å². The minimum Gasteiger partial charge on any atom is -0.322 e. The summed E-state index contributed by atoms with van der Waals surface area (Å²) >= 11 is 5.83. The third kappa shape index (κ3) is 3.92. The number of hydrogen-bond donors (Lipinski definition) is 1. The van der Waals surface area contributed by atoms with E-state index in [0.717, 1.165) is 5.56 Å². The Morgan fingerprint density at radius 3 is 2.83 bits per heavy atom. The molecule has 1 aromatic heterocycles. The number of nitrogens with zero attached hydrogens (tertiary/aromatic N) is 2. The molecule has 1 N–H and O–H groups in total. The largest absolute Gasteiger partial charge is 0.322 e. The van der Waals surface area contributed by atoms with Crippen molar-refractivity contribution in [1.29, 1.82) is 0 Å². The smallest absolute Gasteiger partial charge is 0.257 e. The summed E-state index contributed by atoms with van der Waals surface area (Å²) in [5.41, 5.74) is 1.77. The highest BCUT2D eigenvalue weighted by Gasteiger charge is 2.27. The molecule has 0 unspecified atom stereocenters. The number of hydrogen-bond acceptors (Lipinski definition) is 4. The van der Waals surface area contributed by atoms with Gasteiger partial charge in [0.1, 0.15) is 0 Å². The van der Waals surface area contributed by atoms with E-state index in [0.29, 0.717) is 35.8 Å². The lowest BCUT2D eigenvalue weighted by atomic mass is 10.2. The summed E-state index contributed by atoms with van der Waals surface area (Å²) in [6.07, 6.45) is 3.54. The van der Waals surface area contributed by atoms with E-state index in [1.807, 2.05) is 6.07 Å². The maximum atomic E-state index is 12.2. The molecule has 1 saturated heterocycles. The molecule has 8 heteroatoms. The zero-order valence-corrected chi connectivity index (χ0v) is 14.3. The average molecular weight is 366 g/mol. The molecule has 0 spiro atoms. The topological polar surface area (TPSA) is 79.4 Å². The van der Waals surface area contributed by atoms with Crippen molar-refractivity contribution in [1.82, 2.24) is 9.29 Å². The molecule has 126 valence electrons. The number of aromatic nitrogens is 1. The molecule has 1 aromatic carbocycles. The van der Waals surface area contributed by atoms with Gasteiger partial charge in [-0.15, -0.1) is 0 Å². The zero-order valence-electron chi connectivity index (χ0n) is 12.8. The standard InChI is InChI=1S/C16H16ClN3O3S/c17-14-8-13(9-18-10-14)16(21)19-15-4-1-3-12(7-15)11-20-5-2-6-24(20,22)23/h1,3-4,7-10H,2,5-6,11H2,(H,19,21). The van der Waals surface area contributed by atoms with Gasteiger partial charge >= 0.3 is 0 Å². The Labute approximate surface area is 145 Å². The van der Waals surface area contributed by atoms with Gasteiger partial charge in [0.15, 0.2) is 0 Å². The van der Waals surface area contributed by atoms with E-state index in [1.54, 1.807) is 18.2 Å². The molecule has 1 aliphatic rings. The fourth-order valence-corrected chi connectivity index (χ4v) is 4.24. The van der Waals surface area contributed by atoms with Crippen LogP contribution in [0.15, 0.2) is 42.7 Å². The maximum absolute atomic E-state index is 12.2. The number of pyridine rings is 1. The molecule has 3 rings (SSSR count). The summed E-state index contributed by atoms with van der Waals surface area (Å²) < 4.78 is 25.2. The van der Waals surface area contributed by atoms with Gasteiger partial charge in [-0.1, -0.05) is 23.7 Å². The van der Waals surface area contributed by atoms with E-state index in [-0.39, 0.29) is 11.7 Å². The number of carbonyl (C=O) groups excluding carboxylic acids is 1. The average Bonchev–Trinajstić information content (AvgIpc) is 2.86. The molecule has 0 saturated carbocycles. The van der Waals surface area contributed by atoms with Crippen molar-refractivity contribution in [2.75, 3.05) is 17.6 Å². The number of carbonyl (C=O) groups is 1. The minimum absolute atomic E-state index is 0.200. The highest BCUT2D eigenvalue weighted by molar-refractivity contribution is 7.89. The lowest BCUT2D eigenvalue weighted by Crippen LogP contribution is -2.25. The van der Waals surface area contributed by atoms with Crippen LogP contribution in [0.25, 0.3) is 0 Å². The van der Waals surface area contributed by atoms with Gasteiger partial charge < -0.3 is 5.32 Å². The molecule has 2 heterocycles. The molecule has 0 aliphatic carbocycles. The number of amides is 1. The molecule has 2 aromatic rings. The van der Waals surface area contributed by atoms with Crippen LogP contribution in [-0.2, 0) is 16.6 Å². The first-order chi connectivity index (χ1) is 11.4. The first-order valence-electron chi connectivity index (χ1n) is 7.43. The monoisotopic (exact) mass is 365 g/mol. The number of anilines is 1. The second-order valence-corrected chi connectivity index (χ2v) is 8.07. The Morgan fingerprint density at radius 2 is 2.12 bits per heavy atom. The molecule has 1 amide bonds. The summed E-state index contributed by atoms with van der Waals surface area (Å²) in [6, 6.07) is 8.67. The van der Waals surface area contributed by atoms with Gasteiger partial charge in [0, 0.05) is 31.2 Å². The van der Waals surface area contributed by atoms with Crippen molar-refractivity contribution in [2.45, 2.75) is 13.0 Å². The number of nitrogens with one attached hydrogen (secondary N) is 1. The second kappa shape index (κ2) is 6.88. The summed E-state index contributed by atoms with van der Waals surface area (Å²) in [5, 5.41) is 3.15. The normalized spacial score (nSPS) is 16.9. The third-order valence-electron chi connectivity index (χ3n) is 3.71. The van der Waals surface area contributed by atoms with E-state index in [2.05, 4.69) is 10.3 Å². The Hall–Kier alpha value is -1.96. The van der Waals surface area contributed by atoms with Crippen LogP contribution in [0.1, 0.15) is 22.3 Å². The van der Waals surface area contributed by atoms with E-state index in [4.69, 9.17) is 11.6 Å². The van der Waals surface area contributed by atoms with Crippen molar-refractivity contribution in [2.24, 2.45) is 0 Å². The molecule has 1 fully saturated rings. The lowest BCUT2D eigenvalue weighted by molar-refractivity contribution is 0.102. The van der Waals surface area contributed by atoms with Gasteiger partial charge in [0.2, 0.25) is 10.0 Å². The Morgan fingerprint density at radius 1 is 1.29 bits per heavy atom. The van der Waals surface area contributed by atoms with Crippen LogP contribution in [0.3, 0.4) is 0 Å². The molecule has 0 atom stereocenters. The van der Waals surface area contributed by atoms with E-state index in [9.17, 15) is 13.2 Å². The van der Waals surface area contributed by atoms with Crippen molar-refractivity contribution < 1.29 is 13.2 Å². The molecule has 0 radical (unpaired) electrons. The van der Waals surface area contributed by atoms with Crippen molar-refractivity contribution >= 4 is 33.2 Å². The van der Waals surface area contributed by atoms with Gasteiger partial charge in [-0.05, 0) is 30.2 Å². The van der Waals surface area contributed by atoms with Crippen LogP contribution in [0, 0.1) is 0 Å². The molecule has 0 bridgehead atoms. The summed E-state index contributed by atoms with van der Waals surface area (Å²) in [4.78, 5) is 16.1. The van der Waals surface area contributed by atoms with Gasteiger partial charge in [-0.25, -0.2) is 8.42 Å². The Bertz CT molecular complexity index is 870. The van der Waals surface area contributed by atoms with Gasteiger partial charge in [0.05, 0.1) is 16.3 Å². The highest BCUT2D eigenvalue weighted by atomic mass is 35.5. The highest BCUT2D eigenvalue weighted by Crippen LogP contribution is 2.20. The van der Waals surface area contributed by atoms with Gasteiger partial charge in [-0.3, -0.25) is 9.78 Å². The SMILES string of the molecule is O=C(Nc1cccc(CN2CCCS2(=O)=O)c1)c1cncc(Cl)c1. The van der Waals surface area contributed by atoms with Crippen LogP contribution in [-0.4, -0.2) is 35.9 Å². The first kappa shape index (κ1) is 16.9. The zero-order chi connectivity index (χ0) is 17.2. The number of halogens is 1. The summed E-state index contributed by atoms with van der Waals surface area (Å²) in [5.74, 6) is -0.124. The maximum Gasteiger partial charge on any atom is 0.257 e. The van der Waals surface area contributed by atoms with Crippen LogP contribution < -0.4 is 5.32 Å². The van der Waals surface area contributed by atoms with E-state index >= 15 is 0 Å². The predicted molar refractivity (Wildman–Crippen MR) is 92.5 cm³/mol. The molecular weight excluding hydrogens is 350 g/mol. The van der Waals surface area contributed by atoms with Crippen LogP contribution in [0.2, 0.25) is 5.02 Å². The number of benzene rings is 1. The third-order valence-corrected chi connectivity index (χ3v) is 5.82. The summed E-state index contributed by atoms with van der Waals surface area (Å²) in [6.45, 7) is 0.845. The lowest BCUT2D eigenvalue weighted by Gasteiger charge is -2.15. The molecule has 1 aliphatic heterocycles. The van der Waals surface area contributed by atoms with E-state index < -0.39 is 10.0 Å². The van der Waals surface area contributed by atoms with Crippen LogP contribution >= 0.6 is 11.6 Å². The Balaban J connectivity index is 1.72. The predicted octanol–water partition coefficient (Wildman–Crippen LogP) is 2.52. The number of rotatable bonds is 4. The summed E-state index contributed by atoms with van der Waals surface area (Å²) in [7, 11) is -3.15. The second-order valence-electron chi connectivity index (χ2n) is 5.55. The van der Waals surface area contributed by atoms with Crippen LogP contribution in [0.5, 0.6) is 0 Å². The molecule has 24 heavy (non-hydrogen) atoms. The fraction of sp³-hybridized carbons (Fsp3) is 0.250. The number of sulfonamides is 1. The van der Waals surface area contributed by atoms with Gasteiger partial charge in [0.25, 0.3) is 5.91 Å².